The maximum atomic E-state index is 11.5. The van der Waals surface area contributed by atoms with Gasteiger partial charge in [0.15, 0.2) is 0 Å². The van der Waals surface area contributed by atoms with Crippen molar-refractivity contribution in [3.05, 3.63) is 44.8 Å². The van der Waals surface area contributed by atoms with E-state index in [4.69, 9.17) is 0 Å². The van der Waals surface area contributed by atoms with Gasteiger partial charge in [-0.3, -0.25) is 9.79 Å². The van der Waals surface area contributed by atoms with E-state index < -0.39 is 0 Å². The van der Waals surface area contributed by atoms with Crippen LogP contribution in [0.3, 0.4) is 0 Å². The van der Waals surface area contributed by atoms with Gasteiger partial charge in [-0.25, -0.2) is 4.57 Å². The molecule has 2 aromatic rings. The second-order valence-electron chi connectivity index (χ2n) is 2.61. The van der Waals surface area contributed by atoms with E-state index in [0.29, 0.717) is 0 Å². The molecule has 5 heteroatoms. The smallest absolute Gasteiger partial charge is 0.261 e. The summed E-state index contributed by atoms with van der Waals surface area (Å²) in [5, 5.41) is 0. The van der Waals surface area contributed by atoms with Crippen LogP contribution in [0.2, 0.25) is 0 Å². The van der Waals surface area contributed by atoms with E-state index in [1.807, 2.05) is 30.3 Å². The Morgan fingerprint density at radius 1 is 1.21 bits per heavy atom. The van der Waals surface area contributed by atoms with Crippen molar-refractivity contribution >= 4 is 20.7 Å². The Kier molecular flexibility index (Phi) is 2.60. The van der Waals surface area contributed by atoms with E-state index in [1.54, 1.807) is 11.6 Å². The first kappa shape index (κ1) is 9.36. The van der Waals surface area contributed by atoms with Crippen molar-refractivity contribution in [1.29, 1.82) is 0 Å². The van der Waals surface area contributed by atoms with Gasteiger partial charge in [-0.1, -0.05) is 18.2 Å². The second kappa shape index (κ2) is 3.89. The number of rotatable bonds is 1. The molecule has 0 bridgehead atoms. The third-order valence-electron chi connectivity index (χ3n) is 1.77. The average molecular weight is 224 g/mol. The highest BCUT2D eigenvalue weighted by molar-refractivity contribution is 7.67. The summed E-state index contributed by atoms with van der Waals surface area (Å²) in [4.78, 5) is 16.3. The Balaban J connectivity index is 2.74. The molecule has 0 aliphatic carbocycles. The molecule has 0 amide bonds. The molecule has 0 atom stereocenters. The molecule has 1 heterocycles. The lowest BCUT2D eigenvalue weighted by Gasteiger charge is -1.98. The summed E-state index contributed by atoms with van der Waals surface area (Å²) in [6.07, 6.45) is 0. The quantitative estimate of drug-likeness (QED) is 0.676. The van der Waals surface area contributed by atoms with Crippen LogP contribution in [0.25, 0.3) is 5.69 Å². The number of hydrogen-bond donors (Lipinski definition) is 0. The van der Waals surface area contributed by atoms with Crippen LogP contribution in [-0.4, -0.2) is 11.6 Å². The van der Waals surface area contributed by atoms with E-state index in [2.05, 4.69) is 4.99 Å². The molecule has 0 N–H and O–H groups in total. The SMILES string of the molecule is CN=c1ssc(=O)n1-c1ccccc1. The first-order valence-electron chi connectivity index (χ1n) is 4.03. The molecule has 0 aliphatic heterocycles. The lowest BCUT2D eigenvalue weighted by molar-refractivity contribution is 0.964. The minimum Gasteiger partial charge on any atom is -0.261 e. The molecule has 1 aromatic carbocycles. The van der Waals surface area contributed by atoms with Crippen LogP contribution in [0.15, 0.2) is 40.1 Å². The molecule has 0 saturated carbocycles. The van der Waals surface area contributed by atoms with Gasteiger partial charge in [-0.05, 0) is 32.8 Å². The van der Waals surface area contributed by atoms with Crippen LogP contribution in [0.4, 0.5) is 0 Å². The summed E-state index contributed by atoms with van der Waals surface area (Å²) in [5.41, 5.74) is 0.871. The number of benzene rings is 1. The van der Waals surface area contributed by atoms with Gasteiger partial charge < -0.3 is 0 Å². The highest BCUT2D eigenvalue weighted by Gasteiger charge is 2.03. The maximum Gasteiger partial charge on any atom is 0.323 e. The molecule has 0 aliphatic rings. The van der Waals surface area contributed by atoms with E-state index in [-0.39, 0.29) is 4.87 Å². The van der Waals surface area contributed by atoms with Crippen molar-refractivity contribution in [1.82, 2.24) is 4.57 Å². The van der Waals surface area contributed by atoms with E-state index in [1.165, 1.54) is 20.7 Å². The van der Waals surface area contributed by atoms with Crippen molar-refractivity contribution in [2.75, 3.05) is 7.05 Å². The van der Waals surface area contributed by atoms with Crippen LogP contribution in [0, 0.1) is 0 Å². The summed E-state index contributed by atoms with van der Waals surface area (Å²) >= 11 is 0. The van der Waals surface area contributed by atoms with Crippen molar-refractivity contribution in [3.8, 4) is 5.69 Å². The molecule has 0 saturated heterocycles. The summed E-state index contributed by atoms with van der Waals surface area (Å²) in [7, 11) is 4.29. The number of hydrogen-bond acceptors (Lipinski definition) is 4. The fraction of sp³-hybridized carbons (Fsp3) is 0.111. The predicted octanol–water partition coefficient (Wildman–Crippen LogP) is 1.49. The summed E-state index contributed by atoms with van der Waals surface area (Å²) in [6, 6.07) is 9.53. The predicted molar refractivity (Wildman–Crippen MR) is 59.3 cm³/mol. The largest absolute Gasteiger partial charge is 0.323 e. The number of para-hydroxylation sites is 1. The molecule has 14 heavy (non-hydrogen) atoms. The average Bonchev–Trinajstić information content (AvgIpc) is 2.61. The monoisotopic (exact) mass is 224 g/mol. The Labute approximate surface area is 88.0 Å². The summed E-state index contributed by atoms with van der Waals surface area (Å²) in [5.74, 6) is 0. The zero-order chi connectivity index (χ0) is 9.97. The zero-order valence-electron chi connectivity index (χ0n) is 7.51. The fourth-order valence-electron chi connectivity index (χ4n) is 1.16. The summed E-state index contributed by atoms with van der Waals surface area (Å²) < 4.78 is 1.62. The number of nitrogens with zero attached hydrogens (tertiary/aromatic N) is 2. The summed E-state index contributed by atoms with van der Waals surface area (Å²) in [6.45, 7) is 0. The van der Waals surface area contributed by atoms with Crippen LogP contribution in [0.5, 0.6) is 0 Å². The van der Waals surface area contributed by atoms with Gasteiger partial charge in [0.1, 0.15) is 0 Å². The third kappa shape index (κ3) is 1.56. The molecule has 2 rings (SSSR count). The van der Waals surface area contributed by atoms with Gasteiger partial charge in [-0.15, -0.1) is 0 Å². The van der Waals surface area contributed by atoms with Crippen molar-refractivity contribution in [2.45, 2.75) is 0 Å². The highest BCUT2D eigenvalue weighted by atomic mass is 32.9. The van der Waals surface area contributed by atoms with Crippen molar-refractivity contribution in [2.24, 2.45) is 4.99 Å². The molecule has 0 fully saturated rings. The van der Waals surface area contributed by atoms with E-state index in [0.717, 1.165) is 10.5 Å². The van der Waals surface area contributed by atoms with Crippen LogP contribution >= 0.6 is 20.7 Å². The Hall–Kier alpha value is -1.20. The molecule has 1 aromatic heterocycles. The minimum absolute atomic E-state index is 0.0156. The normalized spacial score (nSPS) is 11.9. The molecule has 0 spiro atoms. The van der Waals surface area contributed by atoms with Gasteiger partial charge in [0.05, 0.1) is 5.69 Å². The Morgan fingerprint density at radius 3 is 2.57 bits per heavy atom. The Bertz CT molecular complexity index is 536. The third-order valence-corrected chi connectivity index (χ3v) is 3.81. The van der Waals surface area contributed by atoms with Crippen molar-refractivity contribution in [3.63, 3.8) is 0 Å². The minimum atomic E-state index is 0.0156. The van der Waals surface area contributed by atoms with Crippen LogP contribution in [0.1, 0.15) is 0 Å². The fourth-order valence-corrected chi connectivity index (χ4v) is 3.07. The number of aromatic nitrogens is 1. The molecule has 3 nitrogen and oxygen atoms in total. The maximum absolute atomic E-state index is 11.5. The molecular weight excluding hydrogens is 216 g/mol. The second-order valence-corrected chi connectivity index (χ2v) is 4.66. The van der Waals surface area contributed by atoms with Gasteiger partial charge in [-0.2, -0.15) is 0 Å². The highest BCUT2D eigenvalue weighted by Crippen LogP contribution is 2.03. The van der Waals surface area contributed by atoms with E-state index in [9.17, 15) is 4.79 Å². The first-order chi connectivity index (χ1) is 6.83. The standard InChI is InChI=1S/C9H8N2OS2/c1-10-8-11(9(12)14-13-8)7-5-3-2-4-6-7/h2-6H,1H3. The lowest BCUT2D eigenvalue weighted by Crippen LogP contribution is -2.22. The van der Waals surface area contributed by atoms with Gasteiger partial charge in [0.25, 0.3) is 0 Å². The van der Waals surface area contributed by atoms with Gasteiger partial charge in [0, 0.05) is 7.05 Å². The van der Waals surface area contributed by atoms with Gasteiger partial charge >= 0.3 is 4.87 Å². The van der Waals surface area contributed by atoms with Crippen LogP contribution < -0.4 is 9.67 Å². The van der Waals surface area contributed by atoms with E-state index >= 15 is 0 Å². The Morgan fingerprint density at radius 2 is 1.93 bits per heavy atom. The van der Waals surface area contributed by atoms with Gasteiger partial charge in [0.2, 0.25) is 4.80 Å². The molecule has 0 radical (unpaired) electrons. The molecule has 72 valence electrons. The zero-order valence-corrected chi connectivity index (χ0v) is 9.14. The van der Waals surface area contributed by atoms with Crippen LogP contribution in [-0.2, 0) is 0 Å². The topological polar surface area (TPSA) is 34.4 Å². The lowest BCUT2D eigenvalue weighted by atomic mass is 10.3. The van der Waals surface area contributed by atoms with Crippen molar-refractivity contribution < 1.29 is 0 Å². The molecule has 0 unspecified atom stereocenters. The first-order valence-corrected chi connectivity index (χ1v) is 6.18. The molecular formula is C9H8N2OS2.